The topological polar surface area (TPSA) is 87.7 Å². The molecule has 46 heavy (non-hydrogen) atoms. The maximum atomic E-state index is 5.17. The smallest absolute Gasteiger partial charge is 0.137 e. The van der Waals surface area contributed by atoms with Gasteiger partial charge in [-0.25, -0.2) is 9.97 Å². The number of nitrogens with zero attached hydrogens (tertiary/aromatic N) is 6. The van der Waals surface area contributed by atoms with E-state index in [1.807, 2.05) is 25.5 Å². The molecule has 0 saturated heterocycles. The molecule has 0 saturated carbocycles. The highest BCUT2D eigenvalue weighted by Gasteiger charge is 2.18. The van der Waals surface area contributed by atoms with E-state index in [0.717, 1.165) is 17.1 Å². The molecule has 4 aromatic rings. The summed E-state index contributed by atoms with van der Waals surface area (Å²) in [6.07, 6.45) is 7.62. The van der Waals surface area contributed by atoms with Gasteiger partial charge in [-0.3, -0.25) is 0 Å². The molecule has 0 fully saturated rings. The van der Waals surface area contributed by atoms with Crippen molar-refractivity contribution in [2.24, 2.45) is 0 Å². The monoisotopic (exact) mass is 639 g/mol. The molecule has 4 aromatic heterocycles. The molecule has 0 unspecified atom stereocenters. The quantitative estimate of drug-likeness (QED) is 0.191. The number of rotatable bonds is 8. The lowest BCUT2D eigenvalue weighted by Gasteiger charge is -2.15. The average Bonchev–Trinajstić information content (AvgIpc) is 3.74. The van der Waals surface area contributed by atoms with Crippen molar-refractivity contribution in [1.29, 1.82) is 0 Å². The van der Waals surface area contributed by atoms with Crippen LogP contribution in [-0.4, -0.2) is 29.4 Å². The largest absolute Gasteiger partial charge is 0.364 e. The fourth-order valence-electron chi connectivity index (χ4n) is 5.41. The summed E-state index contributed by atoms with van der Waals surface area (Å²) < 4.78 is 14.6. The van der Waals surface area contributed by atoms with Gasteiger partial charge < -0.3 is 18.2 Å². The van der Waals surface area contributed by atoms with Crippen molar-refractivity contribution in [2.75, 3.05) is 0 Å². The fraction of sp³-hybridized carbons (Fsp3) is 0.684. The van der Waals surface area contributed by atoms with Gasteiger partial charge in [0.2, 0.25) is 0 Å². The Bertz CT molecular complexity index is 1240. The van der Waals surface area contributed by atoms with Crippen LogP contribution in [0.4, 0.5) is 0 Å². The van der Waals surface area contributed by atoms with Crippen molar-refractivity contribution in [1.82, 2.24) is 29.4 Å². The van der Waals surface area contributed by atoms with Gasteiger partial charge in [0.15, 0.2) is 0 Å². The van der Waals surface area contributed by atoms with E-state index in [0.29, 0.717) is 47.6 Å². The first-order valence-electron chi connectivity index (χ1n) is 17.3. The van der Waals surface area contributed by atoms with Crippen molar-refractivity contribution < 1.29 is 9.05 Å². The molecule has 0 radical (unpaired) electrons. The van der Waals surface area contributed by atoms with E-state index in [4.69, 9.17) is 9.05 Å². The summed E-state index contributed by atoms with van der Waals surface area (Å²) in [5.74, 6) is 6.32. The van der Waals surface area contributed by atoms with Crippen molar-refractivity contribution >= 4 is 0 Å². The van der Waals surface area contributed by atoms with Gasteiger partial charge in [-0.15, -0.1) is 0 Å². The van der Waals surface area contributed by atoms with Gasteiger partial charge in [0.25, 0.3) is 0 Å². The van der Waals surface area contributed by atoms with Crippen LogP contribution in [0.15, 0.2) is 33.9 Å². The maximum absolute atomic E-state index is 5.17. The second-order valence-electron chi connectivity index (χ2n) is 14.6. The SMILES string of the molecule is CC(C)c1conc1C(C)C.CC(C)c1nccn1C(C)C.Cc1cnc(C(C)C)n1C(C)C.Cc1onc(C(C)C)c1C(C)C. The number of aryl methyl sites for hydroxylation is 2. The number of aromatic nitrogens is 6. The van der Waals surface area contributed by atoms with E-state index in [1.165, 1.54) is 28.5 Å². The number of imidazole rings is 2. The van der Waals surface area contributed by atoms with Gasteiger partial charge in [-0.2, -0.15) is 0 Å². The predicted octanol–water partition coefficient (Wildman–Crippen LogP) is 11.6. The molecule has 0 bridgehead atoms. The van der Waals surface area contributed by atoms with Crippen molar-refractivity contribution in [2.45, 2.75) is 172 Å². The van der Waals surface area contributed by atoms with Gasteiger partial charge in [0, 0.05) is 59.3 Å². The summed E-state index contributed by atoms with van der Waals surface area (Å²) in [5.41, 5.74) is 5.99. The molecule has 0 aliphatic carbocycles. The van der Waals surface area contributed by atoms with E-state index in [9.17, 15) is 0 Å². The Morgan fingerprint density at radius 1 is 0.587 bits per heavy atom. The minimum Gasteiger partial charge on any atom is -0.364 e. The van der Waals surface area contributed by atoms with E-state index >= 15 is 0 Å². The van der Waals surface area contributed by atoms with Crippen LogP contribution in [0, 0.1) is 13.8 Å². The highest BCUT2D eigenvalue weighted by atomic mass is 16.5. The number of hydrogen-bond acceptors (Lipinski definition) is 6. The Hall–Kier alpha value is -3.16. The molecular weight excluding hydrogens is 572 g/mol. The van der Waals surface area contributed by atoms with Gasteiger partial charge in [-0.05, 0) is 65.2 Å². The van der Waals surface area contributed by atoms with Gasteiger partial charge >= 0.3 is 0 Å². The molecule has 0 spiro atoms. The molecule has 0 amide bonds. The Morgan fingerprint density at radius 3 is 1.50 bits per heavy atom. The minimum atomic E-state index is 0.458. The van der Waals surface area contributed by atoms with Crippen LogP contribution in [0.5, 0.6) is 0 Å². The molecule has 4 rings (SSSR count). The zero-order chi connectivity index (χ0) is 35.5. The van der Waals surface area contributed by atoms with Crippen molar-refractivity contribution in [3.8, 4) is 0 Å². The summed E-state index contributed by atoms with van der Waals surface area (Å²) in [7, 11) is 0. The normalized spacial score (nSPS) is 11.5. The highest BCUT2D eigenvalue weighted by molar-refractivity contribution is 5.27. The van der Waals surface area contributed by atoms with Crippen LogP contribution in [-0.2, 0) is 0 Å². The standard InChI is InChI=1S/C10H18N2.C10H17NO.C9H16N2.C9H15NO/c1-7(2)10-11-6-9(5)12(10)8(3)4;1-6(2)9-8(5)12-11-10(9)7(3)4;1-7(2)9-10-5-6-11(9)8(3)4;1-6(2)8-5-11-10-9(8)7(3)4/h6-8H,1-5H3;6-7H,1-5H3;5-8H,1-4H3;5-7H,1-4H3. The lowest BCUT2D eigenvalue weighted by molar-refractivity contribution is 0.387. The fourth-order valence-corrected chi connectivity index (χ4v) is 5.41. The van der Waals surface area contributed by atoms with E-state index in [1.54, 1.807) is 6.26 Å². The zero-order valence-corrected chi connectivity index (χ0v) is 32.4. The minimum absolute atomic E-state index is 0.458. The third-order valence-corrected chi connectivity index (χ3v) is 7.67. The summed E-state index contributed by atoms with van der Waals surface area (Å²) in [5, 5.41) is 8.02. The van der Waals surface area contributed by atoms with Crippen LogP contribution in [0.2, 0.25) is 0 Å². The molecular formula is C38H66N6O2. The van der Waals surface area contributed by atoms with Gasteiger partial charge in [-0.1, -0.05) is 93.4 Å². The Balaban J connectivity index is 0.000000307. The first-order valence-corrected chi connectivity index (χ1v) is 17.3. The molecule has 8 heteroatoms. The molecule has 4 heterocycles. The molecule has 260 valence electrons. The number of hydrogen-bond donors (Lipinski definition) is 0. The van der Waals surface area contributed by atoms with E-state index in [2.05, 4.69) is 147 Å². The van der Waals surface area contributed by atoms with Gasteiger partial charge in [0.05, 0.1) is 11.4 Å². The summed E-state index contributed by atoms with van der Waals surface area (Å²) in [6, 6.07) is 1.04. The molecule has 0 aromatic carbocycles. The second-order valence-corrected chi connectivity index (χ2v) is 14.6. The Morgan fingerprint density at radius 2 is 1.15 bits per heavy atom. The molecule has 8 nitrogen and oxygen atoms in total. The molecule has 0 aliphatic heterocycles. The molecule has 0 atom stereocenters. The first-order chi connectivity index (χ1) is 21.3. The Labute approximate surface area is 280 Å². The third kappa shape index (κ3) is 11.6. The molecule has 0 N–H and O–H groups in total. The Kier molecular flexibility index (Phi) is 16.7. The van der Waals surface area contributed by atoms with E-state index in [-0.39, 0.29) is 0 Å². The summed E-state index contributed by atoms with van der Waals surface area (Å²) in [4.78, 5) is 8.70. The van der Waals surface area contributed by atoms with Crippen molar-refractivity contribution in [3.63, 3.8) is 0 Å². The van der Waals surface area contributed by atoms with Crippen LogP contribution < -0.4 is 0 Å². The van der Waals surface area contributed by atoms with Crippen LogP contribution in [0.25, 0.3) is 0 Å². The predicted molar refractivity (Wildman–Crippen MR) is 192 cm³/mol. The lowest BCUT2D eigenvalue weighted by Crippen LogP contribution is -2.09. The van der Waals surface area contributed by atoms with Crippen LogP contribution in [0.3, 0.4) is 0 Å². The lowest BCUT2D eigenvalue weighted by atomic mass is 9.96. The molecule has 0 aliphatic rings. The van der Waals surface area contributed by atoms with Gasteiger partial charge in [0.1, 0.15) is 23.7 Å². The third-order valence-electron chi connectivity index (χ3n) is 7.67. The van der Waals surface area contributed by atoms with E-state index < -0.39 is 0 Å². The summed E-state index contributed by atoms with van der Waals surface area (Å²) in [6.45, 7) is 38.7. The summed E-state index contributed by atoms with van der Waals surface area (Å²) >= 11 is 0. The van der Waals surface area contributed by atoms with Crippen LogP contribution in [0.1, 0.15) is 204 Å². The van der Waals surface area contributed by atoms with Crippen molar-refractivity contribution in [3.05, 3.63) is 70.5 Å². The van der Waals surface area contributed by atoms with Crippen LogP contribution >= 0.6 is 0 Å². The average molecular weight is 639 g/mol. The highest BCUT2D eigenvalue weighted by Crippen LogP contribution is 2.28. The second kappa shape index (κ2) is 18.9. The zero-order valence-electron chi connectivity index (χ0n) is 32.4. The first kappa shape index (κ1) is 40.9. The maximum Gasteiger partial charge on any atom is 0.137 e.